The predicted molar refractivity (Wildman–Crippen MR) is 48.4 cm³/mol. The Kier molecular flexibility index (Phi) is 1.58. The van der Waals surface area contributed by atoms with Crippen LogP contribution in [0.15, 0.2) is 6.20 Å². The Morgan fingerprint density at radius 3 is 2.91 bits per heavy atom. The van der Waals surface area contributed by atoms with Crippen LogP contribution in [0.4, 0.5) is 5.13 Å². The van der Waals surface area contributed by atoms with Crippen LogP contribution in [0.5, 0.6) is 0 Å². The third-order valence-electron chi connectivity index (χ3n) is 1.89. The van der Waals surface area contributed by atoms with Crippen molar-refractivity contribution in [3.8, 4) is 0 Å². The largest absolute Gasteiger partial charge is 0.356 e. The van der Waals surface area contributed by atoms with E-state index < -0.39 is 0 Å². The lowest BCUT2D eigenvalue weighted by Gasteiger charge is -2.07. The number of nitrogens with one attached hydrogen (secondary N) is 1. The van der Waals surface area contributed by atoms with Crippen LogP contribution in [-0.2, 0) is 0 Å². The number of anilines is 1. The number of thiazole rings is 1. The fourth-order valence-corrected chi connectivity index (χ4v) is 1.84. The second-order valence-corrected chi connectivity index (χ2v) is 4.82. The lowest BCUT2D eigenvalue weighted by Crippen LogP contribution is -2.15. The summed E-state index contributed by atoms with van der Waals surface area (Å²) in [5.41, 5.74) is 0.307. The molecule has 0 bridgehead atoms. The van der Waals surface area contributed by atoms with E-state index in [9.17, 15) is 0 Å². The second-order valence-electron chi connectivity index (χ2n) is 3.16. The molecule has 1 fully saturated rings. The molecule has 0 aromatic carbocycles. The van der Waals surface area contributed by atoms with E-state index in [1.165, 1.54) is 24.2 Å². The van der Waals surface area contributed by atoms with Crippen molar-refractivity contribution in [1.82, 2.24) is 4.98 Å². The van der Waals surface area contributed by atoms with Gasteiger partial charge in [0.25, 0.3) is 0 Å². The maximum absolute atomic E-state index is 5.73. The Hall–Kier alpha value is -0.280. The van der Waals surface area contributed by atoms with Gasteiger partial charge < -0.3 is 5.32 Å². The zero-order chi connectivity index (χ0) is 7.90. The fourth-order valence-electron chi connectivity index (χ4n) is 0.883. The van der Waals surface area contributed by atoms with E-state index in [0.717, 1.165) is 9.47 Å². The highest BCUT2D eigenvalue weighted by Gasteiger charge is 2.37. The third-order valence-corrected chi connectivity index (χ3v) is 2.92. The monoisotopic (exact) mass is 188 g/mol. The van der Waals surface area contributed by atoms with Crippen LogP contribution in [0.3, 0.4) is 0 Å². The van der Waals surface area contributed by atoms with Crippen molar-refractivity contribution in [2.45, 2.75) is 25.3 Å². The van der Waals surface area contributed by atoms with Crippen molar-refractivity contribution in [2.75, 3.05) is 5.32 Å². The molecule has 1 aliphatic carbocycles. The summed E-state index contributed by atoms with van der Waals surface area (Å²) >= 11 is 7.22. The van der Waals surface area contributed by atoms with Gasteiger partial charge in [-0.05, 0) is 19.8 Å². The minimum Gasteiger partial charge on any atom is -0.356 e. The van der Waals surface area contributed by atoms with Gasteiger partial charge in [-0.1, -0.05) is 22.9 Å². The Morgan fingerprint density at radius 2 is 2.45 bits per heavy atom. The van der Waals surface area contributed by atoms with Gasteiger partial charge in [-0.15, -0.1) is 0 Å². The number of rotatable bonds is 2. The molecule has 0 aliphatic heterocycles. The number of nitrogens with zero attached hydrogens (tertiary/aromatic N) is 1. The van der Waals surface area contributed by atoms with Gasteiger partial charge in [0, 0.05) is 5.54 Å². The van der Waals surface area contributed by atoms with Crippen LogP contribution >= 0.6 is 22.9 Å². The summed E-state index contributed by atoms with van der Waals surface area (Å²) in [6.45, 7) is 2.20. The average Bonchev–Trinajstić information content (AvgIpc) is 2.49. The first-order valence-electron chi connectivity index (χ1n) is 3.57. The van der Waals surface area contributed by atoms with Crippen LogP contribution in [0.1, 0.15) is 19.8 Å². The zero-order valence-corrected chi connectivity index (χ0v) is 7.80. The van der Waals surface area contributed by atoms with Crippen LogP contribution in [0.2, 0.25) is 4.34 Å². The van der Waals surface area contributed by atoms with Crippen molar-refractivity contribution in [3.63, 3.8) is 0 Å². The summed E-state index contributed by atoms with van der Waals surface area (Å²) in [6.07, 6.45) is 4.16. The first-order valence-corrected chi connectivity index (χ1v) is 4.77. The number of halogens is 1. The van der Waals surface area contributed by atoms with E-state index in [1.54, 1.807) is 6.20 Å². The highest BCUT2D eigenvalue weighted by Crippen LogP contribution is 2.39. The number of hydrogen-bond donors (Lipinski definition) is 1. The molecule has 1 aromatic heterocycles. The fraction of sp³-hybridized carbons (Fsp3) is 0.571. The highest BCUT2D eigenvalue weighted by atomic mass is 35.5. The maximum Gasteiger partial charge on any atom is 0.184 e. The van der Waals surface area contributed by atoms with E-state index >= 15 is 0 Å². The summed E-state index contributed by atoms with van der Waals surface area (Å²) in [6, 6.07) is 0. The molecule has 60 valence electrons. The molecule has 11 heavy (non-hydrogen) atoms. The van der Waals surface area contributed by atoms with E-state index in [1.807, 2.05) is 0 Å². The second kappa shape index (κ2) is 2.35. The van der Waals surface area contributed by atoms with Crippen molar-refractivity contribution in [1.29, 1.82) is 0 Å². The van der Waals surface area contributed by atoms with Gasteiger partial charge in [0.15, 0.2) is 5.13 Å². The number of hydrogen-bond acceptors (Lipinski definition) is 3. The Bertz CT molecular complexity index is 267. The molecule has 0 amide bonds. The summed E-state index contributed by atoms with van der Waals surface area (Å²) in [7, 11) is 0. The van der Waals surface area contributed by atoms with E-state index in [4.69, 9.17) is 11.6 Å². The molecular weight excluding hydrogens is 180 g/mol. The molecule has 1 heterocycles. The van der Waals surface area contributed by atoms with Gasteiger partial charge in [-0.3, -0.25) is 0 Å². The maximum atomic E-state index is 5.73. The summed E-state index contributed by atoms with van der Waals surface area (Å²) < 4.78 is 0.747. The van der Waals surface area contributed by atoms with E-state index in [0.29, 0.717) is 5.54 Å². The Morgan fingerprint density at radius 1 is 1.73 bits per heavy atom. The van der Waals surface area contributed by atoms with Gasteiger partial charge in [0.2, 0.25) is 0 Å². The normalized spacial score (nSPS) is 19.8. The topological polar surface area (TPSA) is 24.9 Å². The highest BCUT2D eigenvalue weighted by molar-refractivity contribution is 7.19. The van der Waals surface area contributed by atoms with Gasteiger partial charge in [0.1, 0.15) is 4.34 Å². The smallest absolute Gasteiger partial charge is 0.184 e. The third kappa shape index (κ3) is 1.65. The average molecular weight is 189 g/mol. The Labute approximate surface area is 74.6 Å². The van der Waals surface area contributed by atoms with E-state index in [2.05, 4.69) is 17.2 Å². The lowest BCUT2D eigenvalue weighted by molar-refractivity contribution is 0.827. The lowest BCUT2D eigenvalue weighted by atomic mass is 10.3. The Balaban J connectivity index is 2.06. The molecule has 0 radical (unpaired) electrons. The first kappa shape index (κ1) is 7.37. The summed E-state index contributed by atoms with van der Waals surface area (Å²) in [5, 5.41) is 4.28. The molecule has 0 spiro atoms. The molecule has 1 N–H and O–H groups in total. The molecule has 1 saturated carbocycles. The van der Waals surface area contributed by atoms with Crippen molar-refractivity contribution in [2.24, 2.45) is 0 Å². The molecule has 0 atom stereocenters. The molecule has 1 aliphatic rings. The minimum atomic E-state index is 0.307. The predicted octanol–water partition coefficient (Wildman–Crippen LogP) is 2.76. The molecule has 4 heteroatoms. The van der Waals surface area contributed by atoms with Crippen LogP contribution in [-0.4, -0.2) is 10.5 Å². The van der Waals surface area contributed by atoms with Gasteiger partial charge in [-0.25, -0.2) is 4.98 Å². The molecule has 2 nitrogen and oxygen atoms in total. The van der Waals surface area contributed by atoms with Gasteiger partial charge in [0.05, 0.1) is 6.20 Å². The van der Waals surface area contributed by atoms with Gasteiger partial charge >= 0.3 is 0 Å². The summed E-state index contributed by atoms with van der Waals surface area (Å²) in [4.78, 5) is 4.12. The molecular formula is C7H9ClN2S. The quantitative estimate of drug-likeness (QED) is 0.772. The standard InChI is InChI=1S/C7H9ClN2S/c1-7(2-3-7)10-6-9-4-5(8)11-6/h4H,2-3H2,1H3,(H,9,10). The molecule has 1 aromatic rings. The molecule has 0 saturated heterocycles. The SMILES string of the molecule is CC1(Nc2ncc(Cl)s2)CC1. The van der Waals surface area contributed by atoms with Crippen LogP contribution < -0.4 is 5.32 Å². The summed E-state index contributed by atoms with van der Waals surface area (Å²) in [5.74, 6) is 0. The zero-order valence-electron chi connectivity index (χ0n) is 6.22. The first-order chi connectivity index (χ1) is 5.18. The molecule has 0 unspecified atom stereocenters. The van der Waals surface area contributed by atoms with Crippen LogP contribution in [0, 0.1) is 0 Å². The van der Waals surface area contributed by atoms with E-state index in [-0.39, 0.29) is 0 Å². The van der Waals surface area contributed by atoms with Crippen molar-refractivity contribution in [3.05, 3.63) is 10.5 Å². The molecule has 2 rings (SSSR count). The van der Waals surface area contributed by atoms with Crippen molar-refractivity contribution >= 4 is 28.1 Å². The van der Waals surface area contributed by atoms with Crippen LogP contribution in [0.25, 0.3) is 0 Å². The number of aromatic nitrogens is 1. The van der Waals surface area contributed by atoms with Crippen molar-refractivity contribution < 1.29 is 0 Å². The minimum absolute atomic E-state index is 0.307. The van der Waals surface area contributed by atoms with Gasteiger partial charge in [-0.2, -0.15) is 0 Å².